The number of likely N-dealkylation sites (tertiary alicyclic amines) is 1. The molecule has 2 N–H and O–H groups in total. The number of nitrogens with one attached hydrogen (secondary N) is 2. The van der Waals surface area contributed by atoms with Crippen LogP contribution in [0.3, 0.4) is 0 Å². The number of amides is 2. The van der Waals surface area contributed by atoms with Crippen molar-refractivity contribution in [1.82, 2.24) is 20.2 Å². The van der Waals surface area contributed by atoms with Gasteiger partial charge in [-0.25, -0.2) is 4.39 Å². The number of H-pyrrole nitrogens is 1. The van der Waals surface area contributed by atoms with Crippen LogP contribution < -0.4 is 5.32 Å². The van der Waals surface area contributed by atoms with Crippen molar-refractivity contribution < 1.29 is 14.0 Å². The van der Waals surface area contributed by atoms with E-state index in [2.05, 4.69) is 15.3 Å². The lowest BCUT2D eigenvalue weighted by atomic mass is 9.93. The van der Waals surface area contributed by atoms with Gasteiger partial charge in [-0.05, 0) is 44.1 Å². The van der Waals surface area contributed by atoms with Gasteiger partial charge in [-0.3, -0.25) is 14.6 Å². The van der Waals surface area contributed by atoms with E-state index in [1.807, 2.05) is 4.90 Å². The zero-order valence-electron chi connectivity index (χ0n) is 14.1. The first-order chi connectivity index (χ1) is 12.0. The van der Waals surface area contributed by atoms with Gasteiger partial charge in [0, 0.05) is 18.5 Å². The maximum atomic E-state index is 13.7. The van der Waals surface area contributed by atoms with Gasteiger partial charge in [0.25, 0.3) is 5.91 Å². The van der Waals surface area contributed by atoms with E-state index in [1.165, 1.54) is 25.1 Å². The number of nitrogens with zero attached hydrogens (tertiary/aromatic N) is 2. The Morgan fingerprint density at radius 3 is 2.64 bits per heavy atom. The zero-order valence-corrected chi connectivity index (χ0v) is 14.1. The molecule has 2 amide bonds. The van der Waals surface area contributed by atoms with Gasteiger partial charge < -0.3 is 15.2 Å². The predicted molar refractivity (Wildman–Crippen MR) is 90.5 cm³/mol. The second kappa shape index (κ2) is 5.82. The van der Waals surface area contributed by atoms with Gasteiger partial charge >= 0.3 is 0 Å². The van der Waals surface area contributed by atoms with Gasteiger partial charge in [-0.15, -0.1) is 0 Å². The monoisotopic (exact) mass is 344 g/mol. The van der Waals surface area contributed by atoms with Crippen LogP contribution in [-0.2, 0) is 4.79 Å². The molecule has 7 heteroatoms. The number of fused-ring (bicyclic) bond motifs is 1. The number of rotatable bonds is 3. The van der Waals surface area contributed by atoms with Crippen molar-refractivity contribution in [2.45, 2.75) is 38.6 Å². The molecular formula is C18H21FN4O2. The molecule has 132 valence electrons. The van der Waals surface area contributed by atoms with E-state index in [1.54, 1.807) is 6.92 Å². The third kappa shape index (κ3) is 2.99. The largest absolute Gasteiger partial charge is 0.349 e. The quantitative estimate of drug-likeness (QED) is 0.896. The molecule has 2 aromatic rings. The van der Waals surface area contributed by atoms with Crippen LogP contribution in [0.5, 0.6) is 0 Å². The highest BCUT2D eigenvalue weighted by molar-refractivity contribution is 6.00. The summed E-state index contributed by atoms with van der Waals surface area (Å²) in [5.74, 6) is -0.973. The molecular weight excluding hydrogens is 323 g/mol. The van der Waals surface area contributed by atoms with Crippen molar-refractivity contribution in [2.24, 2.45) is 5.41 Å². The molecule has 2 fully saturated rings. The molecule has 0 aromatic carbocycles. The van der Waals surface area contributed by atoms with Crippen molar-refractivity contribution in [2.75, 3.05) is 13.1 Å². The third-order valence-electron chi connectivity index (χ3n) is 5.55. The summed E-state index contributed by atoms with van der Waals surface area (Å²) in [6.07, 6.45) is 7.26. The van der Waals surface area contributed by atoms with E-state index in [4.69, 9.17) is 0 Å². The maximum Gasteiger partial charge on any atom is 0.268 e. The summed E-state index contributed by atoms with van der Waals surface area (Å²) < 4.78 is 13.7. The summed E-state index contributed by atoms with van der Waals surface area (Å²) in [4.78, 5) is 33.4. The second-order valence-electron chi connectivity index (χ2n) is 7.29. The Morgan fingerprint density at radius 1 is 1.28 bits per heavy atom. The van der Waals surface area contributed by atoms with E-state index in [0.717, 1.165) is 32.1 Å². The maximum absolute atomic E-state index is 13.7. The van der Waals surface area contributed by atoms with Crippen molar-refractivity contribution in [3.63, 3.8) is 0 Å². The van der Waals surface area contributed by atoms with Crippen LogP contribution in [0.4, 0.5) is 4.39 Å². The van der Waals surface area contributed by atoms with Gasteiger partial charge in [0.05, 0.1) is 17.9 Å². The normalized spacial score (nSPS) is 19.8. The molecule has 1 spiro atoms. The third-order valence-corrected chi connectivity index (χ3v) is 5.55. The first kappa shape index (κ1) is 16.1. The lowest BCUT2D eigenvalue weighted by Crippen LogP contribution is -2.49. The van der Waals surface area contributed by atoms with E-state index >= 15 is 0 Å². The molecule has 4 rings (SSSR count). The molecule has 1 saturated carbocycles. The minimum absolute atomic E-state index is 0.0622. The van der Waals surface area contributed by atoms with Crippen LogP contribution in [0.1, 0.15) is 43.1 Å². The predicted octanol–water partition coefficient (Wildman–Crippen LogP) is 2.22. The first-order valence-corrected chi connectivity index (χ1v) is 8.69. The number of pyridine rings is 1. The molecule has 1 aliphatic carbocycles. The average molecular weight is 344 g/mol. The highest BCUT2D eigenvalue weighted by Gasteiger charge is 2.45. The Hall–Kier alpha value is -2.44. The number of halogens is 1. The SMILES string of the molecule is C[C@H](NC(=O)c1cc2c(F)cncc2[nH]1)C(=O)N1CCC2(CC1)CC2. The molecule has 1 aliphatic heterocycles. The van der Waals surface area contributed by atoms with Crippen molar-refractivity contribution >= 4 is 22.7 Å². The summed E-state index contributed by atoms with van der Waals surface area (Å²) in [6.45, 7) is 3.22. The summed E-state index contributed by atoms with van der Waals surface area (Å²) in [5, 5.41) is 3.02. The molecule has 1 atom stereocenters. The lowest BCUT2D eigenvalue weighted by molar-refractivity contribution is -0.134. The minimum atomic E-state index is -0.616. The summed E-state index contributed by atoms with van der Waals surface area (Å²) in [6, 6.07) is 0.825. The van der Waals surface area contributed by atoms with Crippen LogP contribution >= 0.6 is 0 Å². The van der Waals surface area contributed by atoms with Crippen molar-refractivity contribution in [3.8, 4) is 0 Å². The smallest absolute Gasteiger partial charge is 0.268 e. The first-order valence-electron chi connectivity index (χ1n) is 8.69. The summed E-state index contributed by atoms with van der Waals surface area (Å²) >= 11 is 0. The molecule has 3 heterocycles. The molecule has 0 radical (unpaired) electrons. The molecule has 0 bridgehead atoms. The topological polar surface area (TPSA) is 78.1 Å². The molecule has 2 aromatic heterocycles. The number of carbonyl (C=O) groups is 2. The number of piperidine rings is 1. The van der Waals surface area contributed by atoms with E-state index < -0.39 is 17.8 Å². The number of hydrogen-bond acceptors (Lipinski definition) is 3. The molecule has 6 nitrogen and oxygen atoms in total. The van der Waals surface area contributed by atoms with Crippen LogP contribution in [0.2, 0.25) is 0 Å². The van der Waals surface area contributed by atoms with Gasteiger partial charge in [0.2, 0.25) is 5.91 Å². The molecule has 2 aliphatic rings. The van der Waals surface area contributed by atoms with Gasteiger partial charge in [0.15, 0.2) is 5.82 Å². The Kier molecular flexibility index (Phi) is 3.74. The Balaban J connectivity index is 1.40. The second-order valence-corrected chi connectivity index (χ2v) is 7.29. The Bertz CT molecular complexity index is 833. The van der Waals surface area contributed by atoms with Crippen LogP contribution in [0, 0.1) is 11.2 Å². The number of aromatic nitrogens is 2. The fourth-order valence-electron chi connectivity index (χ4n) is 3.63. The molecule has 0 unspecified atom stereocenters. The van der Waals surface area contributed by atoms with Crippen molar-refractivity contribution in [3.05, 3.63) is 30.0 Å². The fourth-order valence-corrected chi connectivity index (χ4v) is 3.63. The summed E-state index contributed by atoms with van der Waals surface area (Å²) in [5.41, 5.74) is 1.18. The lowest BCUT2D eigenvalue weighted by Gasteiger charge is -2.33. The van der Waals surface area contributed by atoms with Gasteiger partial charge in [0.1, 0.15) is 11.7 Å². The van der Waals surface area contributed by atoms with E-state index in [-0.39, 0.29) is 11.6 Å². The van der Waals surface area contributed by atoms with Gasteiger partial charge in [-0.1, -0.05) is 0 Å². The zero-order chi connectivity index (χ0) is 17.6. The standard InChI is InChI=1S/C18H21FN4O2/c1-11(17(25)23-6-4-18(2-3-18)5-7-23)21-16(24)14-8-12-13(19)9-20-10-15(12)22-14/h8-11,22H,2-7H2,1H3,(H,21,24)/t11-/m0/s1. The minimum Gasteiger partial charge on any atom is -0.349 e. The van der Waals surface area contributed by atoms with E-state index in [0.29, 0.717) is 16.3 Å². The Morgan fingerprint density at radius 2 is 2.00 bits per heavy atom. The van der Waals surface area contributed by atoms with Gasteiger partial charge in [-0.2, -0.15) is 0 Å². The van der Waals surface area contributed by atoms with Crippen LogP contribution in [0.15, 0.2) is 18.5 Å². The Labute approximate surface area is 144 Å². The number of aromatic amines is 1. The average Bonchev–Trinajstić information content (AvgIpc) is 3.20. The molecule has 1 saturated heterocycles. The van der Waals surface area contributed by atoms with E-state index in [9.17, 15) is 14.0 Å². The van der Waals surface area contributed by atoms with Crippen LogP contribution in [-0.4, -0.2) is 45.8 Å². The number of carbonyl (C=O) groups excluding carboxylic acids is 2. The highest BCUT2D eigenvalue weighted by atomic mass is 19.1. The van der Waals surface area contributed by atoms with Crippen molar-refractivity contribution in [1.29, 1.82) is 0 Å². The fraction of sp³-hybridized carbons (Fsp3) is 0.500. The van der Waals surface area contributed by atoms with Crippen LogP contribution in [0.25, 0.3) is 10.9 Å². The number of hydrogen-bond donors (Lipinski definition) is 2. The molecule has 25 heavy (non-hydrogen) atoms. The summed E-state index contributed by atoms with van der Waals surface area (Å²) in [7, 11) is 0. The highest BCUT2D eigenvalue weighted by Crippen LogP contribution is 2.53.